The summed E-state index contributed by atoms with van der Waals surface area (Å²) in [7, 11) is 0. The van der Waals surface area contributed by atoms with Crippen LogP contribution in [0.2, 0.25) is 0 Å². The van der Waals surface area contributed by atoms with Gasteiger partial charge in [0.15, 0.2) is 5.78 Å². The number of ketones is 1. The van der Waals surface area contributed by atoms with Crippen molar-refractivity contribution < 1.29 is 14.3 Å². The van der Waals surface area contributed by atoms with Crippen LogP contribution in [-0.2, 0) is 4.79 Å². The third-order valence-corrected chi connectivity index (χ3v) is 3.74. The molecule has 114 valence electrons. The van der Waals surface area contributed by atoms with Crippen molar-refractivity contribution in [3.05, 3.63) is 29.8 Å². The van der Waals surface area contributed by atoms with Crippen molar-refractivity contribution in [2.75, 3.05) is 6.61 Å². The number of hydrogen-bond acceptors (Lipinski definition) is 3. The summed E-state index contributed by atoms with van der Waals surface area (Å²) in [5.41, 5.74) is 0.565. The van der Waals surface area contributed by atoms with E-state index in [1.807, 2.05) is 0 Å². The van der Waals surface area contributed by atoms with Crippen LogP contribution in [0.4, 0.5) is 0 Å². The van der Waals surface area contributed by atoms with Crippen molar-refractivity contribution in [1.29, 1.82) is 0 Å². The lowest BCUT2D eigenvalue weighted by Crippen LogP contribution is -2.37. The van der Waals surface area contributed by atoms with Crippen LogP contribution < -0.4 is 10.1 Å². The number of ether oxygens (including phenoxy) is 1. The fourth-order valence-corrected chi connectivity index (χ4v) is 2.45. The number of rotatable bonds is 7. The Labute approximate surface area is 125 Å². The minimum Gasteiger partial charge on any atom is -0.494 e. The van der Waals surface area contributed by atoms with Gasteiger partial charge in [-0.3, -0.25) is 9.59 Å². The molecule has 0 aromatic heterocycles. The van der Waals surface area contributed by atoms with Gasteiger partial charge in [0.25, 0.3) is 5.91 Å². The van der Waals surface area contributed by atoms with Crippen LogP contribution in [0.1, 0.15) is 55.8 Å². The molecule has 0 aliphatic heterocycles. The first-order valence-electron chi connectivity index (χ1n) is 7.77. The lowest BCUT2D eigenvalue weighted by atomic mass is 10.1. The van der Waals surface area contributed by atoms with E-state index in [4.69, 9.17) is 4.74 Å². The number of nitrogens with one attached hydrogen (secondary N) is 1. The first-order valence-corrected chi connectivity index (χ1v) is 7.77. The Hall–Kier alpha value is -1.84. The molecular weight excluding hydrogens is 266 g/mol. The summed E-state index contributed by atoms with van der Waals surface area (Å²) in [4.78, 5) is 23.6. The highest BCUT2D eigenvalue weighted by Crippen LogP contribution is 2.16. The average molecular weight is 289 g/mol. The van der Waals surface area contributed by atoms with Crippen LogP contribution in [0.3, 0.4) is 0 Å². The predicted octanol–water partition coefficient (Wildman–Crippen LogP) is 3.11. The van der Waals surface area contributed by atoms with Gasteiger partial charge in [-0.1, -0.05) is 19.8 Å². The Morgan fingerprint density at radius 3 is 2.67 bits per heavy atom. The summed E-state index contributed by atoms with van der Waals surface area (Å²) in [6.45, 7) is 2.86. The Balaban J connectivity index is 1.83. The van der Waals surface area contributed by atoms with Crippen molar-refractivity contribution in [2.45, 2.75) is 51.5 Å². The summed E-state index contributed by atoms with van der Waals surface area (Å²) < 4.78 is 5.61. The second-order valence-electron chi connectivity index (χ2n) is 5.46. The topological polar surface area (TPSA) is 55.4 Å². The molecule has 0 spiro atoms. The van der Waals surface area contributed by atoms with Gasteiger partial charge in [0.1, 0.15) is 5.75 Å². The lowest BCUT2D eigenvalue weighted by Gasteiger charge is -2.11. The molecule has 1 aromatic carbocycles. The Morgan fingerprint density at radius 1 is 1.29 bits per heavy atom. The van der Waals surface area contributed by atoms with Crippen LogP contribution in [0.5, 0.6) is 5.75 Å². The molecule has 1 atom stereocenters. The van der Waals surface area contributed by atoms with E-state index in [1.165, 1.54) is 6.42 Å². The van der Waals surface area contributed by atoms with Crippen molar-refractivity contribution >= 4 is 11.7 Å². The van der Waals surface area contributed by atoms with Gasteiger partial charge < -0.3 is 10.1 Å². The van der Waals surface area contributed by atoms with Gasteiger partial charge in [0.05, 0.1) is 12.6 Å². The van der Waals surface area contributed by atoms with Crippen LogP contribution in [0.15, 0.2) is 24.3 Å². The number of carbonyl (C=O) groups excluding carboxylic acids is 2. The van der Waals surface area contributed by atoms with Gasteiger partial charge in [-0.15, -0.1) is 0 Å². The number of unbranched alkanes of at least 4 members (excludes halogenated alkanes) is 2. The fraction of sp³-hybridized carbons (Fsp3) is 0.529. The third-order valence-electron chi connectivity index (χ3n) is 3.74. The molecule has 4 heteroatoms. The van der Waals surface area contributed by atoms with Crippen LogP contribution in [0.25, 0.3) is 0 Å². The molecule has 0 saturated heterocycles. The molecule has 1 aliphatic carbocycles. The van der Waals surface area contributed by atoms with Crippen molar-refractivity contribution in [3.63, 3.8) is 0 Å². The molecule has 0 unspecified atom stereocenters. The summed E-state index contributed by atoms with van der Waals surface area (Å²) in [5.74, 6) is 0.728. The molecule has 1 saturated carbocycles. The summed E-state index contributed by atoms with van der Waals surface area (Å²) in [6.07, 6.45) is 5.58. The summed E-state index contributed by atoms with van der Waals surface area (Å²) in [6, 6.07) is 6.78. The Morgan fingerprint density at radius 2 is 2.05 bits per heavy atom. The molecule has 1 fully saturated rings. The van der Waals surface area contributed by atoms with Crippen molar-refractivity contribution in [1.82, 2.24) is 5.32 Å². The number of carbonyl (C=O) groups is 2. The first kappa shape index (κ1) is 15.5. The SMILES string of the molecule is CCCCCOc1ccc(C(=O)N[C@@H]2CCCC2=O)cc1. The van der Waals surface area contributed by atoms with Crippen molar-refractivity contribution in [3.8, 4) is 5.75 Å². The highest BCUT2D eigenvalue weighted by molar-refractivity contribution is 5.98. The zero-order valence-electron chi connectivity index (χ0n) is 12.6. The molecule has 1 aromatic rings. The van der Waals surface area contributed by atoms with E-state index < -0.39 is 0 Å². The van der Waals surface area contributed by atoms with Crippen LogP contribution in [0, 0.1) is 0 Å². The maximum atomic E-state index is 12.1. The molecular formula is C17H23NO3. The Bertz CT molecular complexity index is 481. The van der Waals surface area contributed by atoms with Gasteiger partial charge in [-0.2, -0.15) is 0 Å². The minimum absolute atomic E-state index is 0.138. The normalized spacial score (nSPS) is 17.8. The van der Waals surface area contributed by atoms with Crippen molar-refractivity contribution in [2.24, 2.45) is 0 Å². The number of Topliss-reactive ketones (excluding diaryl/α,β-unsaturated/α-hetero) is 1. The third kappa shape index (κ3) is 4.59. The predicted molar refractivity (Wildman–Crippen MR) is 81.6 cm³/mol. The standard InChI is InChI=1S/C17H23NO3/c1-2-3-4-12-21-14-10-8-13(9-11-14)17(20)18-15-6-5-7-16(15)19/h8-11,15H,2-7,12H2,1H3,(H,18,20)/t15-/m1/s1. The molecule has 0 bridgehead atoms. The zero-order chi connectivity index (χ0) is 15.1. The summed E-state index contributed by atoms with van der Waals surface area (Å²) >= 11 is 0. The van der Waals surface area contributed by atoms with E-state index in [2.05, 4.69) is 12.2 Å². The van der Waals surface area contributed by atoms with E-state index in [-0.39, 0.29) is 17.7 Å². The van der Waals surface area contributed by atoms with E-state index in [0.29, 0.717) is 18.6 Å². The lowest BCUT2D eigenvalue weighted by molar-refractivity contribution is -0.118. The quantitative estimate of drug-likeness (QED) is 0.785. The highest BCUT2D eigenvalue weighted by atomic mass is 16.5. The van der Waals surface area contributed by atoms with E-state index in [1.54, 1.807) is 24.3 Å². The van der Waals surface area contributed by atoms with Crippen LogP contribution in [-0.4, -0.2) is 24.3 Å². The largest absolute Gasteiger partial charge is 0.494 e. The highest BCUT2D eigenvalue weighted by Gasteiger charge is 2.25. The number of amides is 1. The zero-order valence-corrected chi connectivity index (χ0v) is 12.6. The monoisotopic (exact) mass is 289 g/mol. The van der Waals surface area contributed by atoms with E-state index in [9.17, 15) is 9.59 Å². The molecule has 0 heterocycles. The maximum Gasteiger partial charge on any atom is 0.251 e. The second-order valence-corrected chi connectivity index (χ2v) is 5.46. The van der Waals surface area contributed by atoms with Gasteiger partial charge in [-0.25, -0.2) is 0 Å². The van der Waals surface area contributed by atoms with Gasteiger partial charge in [-0.05, 0) is 43.5 Å². The molecule has 1 aliphatic rings. The molecule has 2 rings (SSSR count). The molecule has 21 heavy (non-hydrogen) atoms. The number of hydrogen-bond donors (Lipinski definition) is 1. The smallest absolute Gasteiger partial charge is 0.251 e. The summed E-state index contributed by atoms with van der Waals surface area (Å²) in [5, 5.41) is 2.79. The molecule has 1 amide bonds. The molecule has 0 radical (unpaired) electrons. The van der Waals surface area contributed by atoms with Crippen LogP contribution >= 0.6 is 0 Å². The second kappa shape index (κ2) is 7.81. The first-order chi connectivity index (χ1) is 10.2. The average Bonchev–Trinajstić information content (AvgIpc) is 2.89. The van der Waals surface area contributed by atoms with Gasteiger partial charge >= 0.3 is 0 Å². The number of benzene rings is 1. The maximum absolute atomic E-state index is 12.1. The fourth-order valence-electron chi connectivity index (χ4n) is 2.45. The van der Waals surface area contributed by atoms with E-state index >= 15 is 0 Å². The Kier molecular flexibility index (Phi) is 5.78. The van der Waals surface area contributed by atoms with E-state index in [0.717, 1.165) is 31.4 Å². The molecule has 4 nitrogen and oxygen atoms in total. The van der Waals surface area contributed by atoms with Gasteiger partial charge in [0.2, 0.25) is 0 Å². The minimum atomic E-state index is -0.303. The molecule has 1 N–H and O–H groups in total. The van der Waals surface area contributed by atoms with Gasteiger partial charge in [0, 0.05) is 12.0 Å².